The zero-order chi connectivity index (χ0) is 20.6. The number of hydrogen-bond donors (Lipinski definition) is 1. The minimum absolute atomic E-state index is 0.0297. The average Bonchev–Trinajstić information content (AvgIpc) is 3.03. The summed E-state index contributed by atoms with van der Waals surface area (Å²) in [5, 5.41) is 3.35. The van der Waals surface area contributed by atoms with Gasteiger partial charge < -0.3 is 15.1 Å². The lowest BCUT2D eigenvalue weighted by Crippen LogP contribution is -2.45. The summed E-state index contributed by atoms with van der Waals surface area (Å²) in [5.74, 6) is 0.134. The fourth-order valence-electron chi connectivity index (χ4n) is 4.07. The van der Waals surface area contributed by atoms with Crippen LogP contribution < -0.4 is 5.32 Å². The van der Waals surface area contributed by atoms with Crippen LogP contribution in [0.25, 0.3) is 0 Å². The van der Waals surface area contributed by atoms with Crippen LogP contribution in [0.1, 0.15) is 55.3 Å². The number of amides is 3. The fraction of sp³-hybridized carbons (Fsp3) is 0.591. The molecule has 2 fully saturated rings. The number of carbonyl (C=O) groups excluding carboxylic acids is 3. The lowest BCUT2D eigenvalue weighted by atomic mass is 9.95. The van der Waals surface area contributed by atoms with Crippen LogP contribution in [0.4, 0.5) is 0 Å². The van der Waals surface area contributed by atoms with Crippen molar-refractivity contribution in [3.63, 3.8) is 0 Å². The van der Waals surface area contributed by atoms with Gasteiger partial charge in [0.05, 0.1) is 0 Å². The number of carbonyl (C=O) groups is 3. The van der Waals surface area contributed by atoms with E-state index in [9.17, 15) is 14.4 Å². The molecule has 7 heteroatoms. The quantitative estimate of drug-likeness (QED) is 0.797. The van der Waals surface area contributed by atoms with Crippen molar-refractivity contribution in [2.24, 2.45) is 5.92 Å². The predicted molar refractivity (Wildman–Crippen MR) is 113 cm³/mol. The molecule has 0 aliphatic carbocycles. The van der Waals surface area contributed by atoms with Crippen molar-refractivity contribution in [1.82, 2.24) is 15.1 Å². The third-order valence-corrected chi connectivity index (χ3v) is 6.10. The van der Waals surface area contributed by atoms with E-state index in [-0.39, 0.29) is 30.1 Å². The molecule has 3 rings (SSSR count). The van der Waals surface area contributed by atoms with E-state index in [0.717, 1.165) is 38.8 Å². The van der Waals surface area contributed by atoms with Gasteiger partial charge in [-0.05, 0) is 49.9 Å². The molecule has 0 saturated carbocycles. The Morgan fingerprint density at radius 1 is 0.897 bits per heavy atom. The van der Waals surface area contributed by atoms with Gasteiger partial charge >= 0.3 is 0 Å². The van der Waals surface area contributed by atoms with Crippen LogP contribution in [0.3, 0.4) is 0 Å². The first-order chi connectivity index (χ1) is 14.0. The van der Waals surface area contributed by atoms with Crippen LogP contribution in [-0.4, -0.2) is 60.2 Å². The molecule has 0 aromatic heterocycles. The van der Waals surface area contributed by atoms with Gasteiger partial charge in [0, 0.05) is 55.6 Å². The molecule has 6 nitrogen and oxygen atoms in total. The number of halogens is 1. The number of rotatable bonds is 5. The Balaban J connectivity index is 1.37. The Labute approximate surface area is 177 Å². The first kappa shape index (κ1) is 21.6. The monoisotopic (exact) mass is 419 g/mol. The van der Waals surface area contributed by atoms with Crippen molar-refractivity contribution in [1.29, 1.82) is 0 Å². The Hall–Kier alpha value is -2.08. The van der Waals surface area contributed by atoms with Gasteiger partial charge in [-0.15, -0.1) is 0 Å². The minimum Gasteiger partial charge on any atom is -0.352 e. The molecule has 29 heavy (non-hydrogen) atoms. The van der Waals surface area contributed by atoms with Crippen LogP contribution in [-0.2, 0) is 9.59 Å². The van der Waals surface area contributed by atoms with Gasteiger partial charge in [-0.25, -0.2) is 0 Å². The second-order valence-corrected chi connectivity index (χ2v) is 8.34. The zero-order valence-corrected chi connectivity index (χ0v) is 17.6. The standard InChI is InChI=1S/C22H30ClN3O3/c23-19-7-5-17(6-8-19)21(28)24-12-9-20(27)25-15-10-18(11-16-25)22(29)26-13-3-1-2-4-14-26/h5-8,18H,1-4,9-16H2,(H,24,28). The molecule has 0 radical (unpaired) electrons. The number of hydrogen-bond acceptors (Lipinski definition) is 3. The molecule has 2 saturated heterocycles. The Morgan fingerprint density at radius 3 is 2.14 bits per heavy atom. The maximum Gasteiger partial charge on any atom is 0.251 e. The van der Waals surface area contributed by atoms with E-state index in [4.69, 9.17) is 11.6 Å². The van der Waals surface area contributed by atoms with Gasteiger partial charge in [0.25, 0.3) is 5.91 Å². The Kier molecular flexibility index (Phi) is 7.92. The van der Waals surface area contributed by atoms with E-state index >= 15 is 0 Å². The van der Waals surface area contributed by atoms with Gasteiger partial charge in [-0.2, -0.15) is 0 Å². The molecular weight excluding hydrogens is 390 g/mol. The number of nitrogens with one attached hydrogen (secondary N) is 1. The highest BCUT2D eigenvalue weighted by molar-refractivity contribution is 6.30. The third-order valence-electron chi connectivity index (χ3n) is 5.85. The van der Waals surface area contributed by atoms with E-state index in [1.54, 1.807) is 24.3 Å². The van der Waals surface area contributed by atoms with Crippen molar-refractivity contribution in [3.8, 4) is 0 Å². The summed E-state index contributed by atoms with van der Waals surface area (Å²) in [5.41, 5.74) is 0.523. The summed E-state index contributed by atoms with van der Waals surface area (Å²) >= 11 is 5.82. The van der Waals surface area contributed by atoms with Crippen LogP contribution in [0, 0.1) is 5.92 Å². The van der Waals surface area contributed by atoms with E-state index in [1.165, 1.54) is 12.8 Å². The summed E-state index contributed by atoms with van der Waals surface area (Å²) in [4.78, 5) is 41.1. The summed E-state index contributed by atoms with van der Waals surface area (Å²) < 4.78 is 0. The number of nitrogens with zero attached hydrogens (tertiary/aromatic N) is 2. The van der Waals surface area contributed by atoms with Gasteiger partial charge in [0.2, 0.25) is 11.8 Å². The fourth-order valence-corrected chi connectivity index (χ4v) is 4.20. The number of likely N-dealkylation sites (tertiary alicyclic amines) is 2. The molecule has 0 spiro atoms. The van der Waals surface area contributed by atoms with E-state index in [0.29, 0.717) is 30.2 Å². The van der Waals surface area contributed by atoms with Crippen molar-refractivity contribution < 1.29 is 14.4 Å². The highest BCUT2D eigenvalue weighted by atomic mass is 35.5. The van der Waals surface area contributed by atoms with E-state index < -0.39 is 0 Å². The molecule has 1 aromatic carbocycles. The lowest BCUT2D eigenvalue weighted by molar-refractivity contribution is -0.140. The highest BCUT2D eigenvalue weighted by Crippen LogP contribution is 2.22. The van der Waals surface area contributed by atoms with Crippen LogP contribution in [0.15, 0.2) is 24.3 Å². The average molecular weight is 420 g/mol. The van der Waals surface area contributed by atoms with Crippen molar-refractivity contribution in [2.75, 3.05) is 32.7 Å². The van der Waals surface area contributed by atoms with Gasteiger partial charge in [0.1, 0.15) is 0 Å². The van der Waals surface area contributed by atoms with Crippen LogP contribution in [0.2, 0.25) is 5.02 Å². The highest BCUT2D eigenvalue weighted by Gasteiger charge is 2.30. The number of benzene rings is 1. The second-order valence-electron chi connectivity index (χ2n) is 7.91. The topological polar surface area (TPSA) is 69.7 Å². The van der Waals surface area contributed by atoms with Crippen LogP contribution >= 0.6 is 11.6 Å². The summed E-state index contributed by atoms with van der Waals surface area (Å²) in [7, 11) is 0. The van der Waals surface area contributed by atoms with E-state index in [2.05, 4.69) is 5.32 Å². The maximum absolute atomic E-state index is 12.8. The normalized spacial score (nSPS) is 18.2. The molecule has 1 aromatic rings. The molecule has 2 aliphatic heterocycles. The van der Waals surface area contributed by atoms with Crippen LogP contribution in [0.5, 0.6) is 0 Å². The minimum atomic E-state index is -0.212. The molecule has 0 atom stereocenters. The van der Waals surface area contributed by atoms with Gasteiger partial charge in [0.15, 0.2) is 0 Å². The number of piperidine rings is 1. The summed E-state index contributed by atoms with van der Waals surface area (Å²) in [6, 6.07) is 6.65. The second kappa shape index (κ2) is 10.6. The molecule has 0 bridgehead atoms. The third kappa shape index (κ3) is 6.20. The summed E-state index contributed by atoms with van der Waals surface area (Å²) in [6.07, 6.45) is 6.37. The van der Waals surface area contributed by atoms with Gasteiger partial charge in [-0.1, -0.05) is 24.4 Å². The van der Waals surface area contributed by atoms with E-state index in [1.807, 2.05) is 9.80 Å². The maximum atomic E-state index is 12.8. The molecule has 2 aliphatic rings. The molecule has 3 amide bonds. The van der Waals surface area contributed by atoms with Crippen molar-refractivity contribution >= 4 is 29.3 Å². The lowest BCUT2D eigenvalue weighted by Gasteiger charge is -2.34. The molecule has 2 heterocycles. The van der Waals surface area contributed by atoms with Crippen molar-refractivity contribution in [3.05, 3.63) is 34.9 Å². The molecular formula is C22H30ClN3O3. The van der Waals surface area contributed by atoms with Crippen molar-refractivity contribution in [2.45, 2.75) is 44.9 Å². The first-order valence-electron chi connectivity index (χ1n) is 10.6. The Morgan fingerprint density at radius 2 is 1.52 bits per heavy atom. The van der Waals surface area contributed by atoms with Gasteiger partial charge in [-0.3, -0.25) is 14.4 Å². The predicted octanol–water partition coefficient (Wildman–Crippen LogP) is 3.10. The SMILES string of the molecule is O=C(NCCC(=O)N1CCC(C(=O)N2CCCCCC2)CC1)c1ccc(Cl)cc1. The molecule has 1 N–H and O–H groups in total. The first-order valence-corrected chi connectivity index (χ1v) is 11.0. The summed E-state index contributed by atoms with van der Waals surface area (Å²) in [6.45, 7) is 3.30. The molecule has 158 valence electrons. The zero-order valence-electron chi connectivity index (χ0n) is 16.9. The Bertz CT molecular complexity index is 707. The largest absolute Gasteiger partial charge is 0.352 e. The smallest absolute Gasteiger partial charge is 0.251 e. The molecule has 0 unspecified atom stereocenters.